The fourth-order valence-electron chi connectivity index (χ4n) is 1.51. The normalized spacial score (nSPS) is 21.8. The molecule has 0 spiro atoms. The van der Waals surface area contributed by atoms with Gasteiger partial charge in [-0.3, -0.25) is 14.9 Å². The zero-order valence-electron chi connectivity index (χ0n) is 8.80. The van der Waals surface area contributed by atoms with E-state index in [9.17, 15) is 9.59 Å². The molecule has 1 atom stereocenters. The number of rotatable bonds is 5. The van der Waals surface area contributed by atoms with E-state index in [4.69, 9.17) is 0 Å². The molecule has 1 saturated heterocycles. The predicted octanol–water partition coefficient (Wildman–Crippen LogP) is 0.427. The summed E-state index contributed by atoms with van der Waals surface area (Å²) in [6.07, 6.45) is 2.49. The van der Waals surface area contributed by atoms with Gasteiger partial charge in [-0.05, 0) is 25.3 Å². The van der Waals surface area contributed by atoms with Crippen LogP contribution in [0.3, 0.4) is 0 Å². The van der Waals surface area contributed by atoms with E-state index in [0.717, 1.165) is 19.4 Å². The number of carbonyl (C=O) groups excluding carboxylic acids is 2. The van der Waals surface area contributed by atoms with Crippen LogP contribution in [0.25, 0.3) is 0 Å². The van der Waals surface area contributed by atoms with Gasteiger partial charge < -0.3 is 5.32 Å². The summed E-state index contributed by atoms with van der Waals surface area (Å²) in [6, 6.07) is -0.297. The molecule has 1 heterocycles. The van der Waals surface area contributed by atoms with Crippen LogP contribution in [0.15, 0.2) is 0 Å². The van der Waals surface area contributed by atoms with Crippen molar-refractivity contribution in [1.29, 1.82) is 0 Å². The molecular formula is C10H18N2O2. The Morgan fingerprint density at radius 1 is 1.50 bits per heavy atom. The third kappa shape index (κ3) is 3.46. The molecule has 1 aliphatic heterocycles. The molecule has 0 aromatic rings. The first-order valence-corrected chi connectivity index (χ1v) is 5.16. The third-order valence-electron chi connectivity index (χ3n) is 2.32. The molecule has 1 unspecified atom stereocenters. The number of hydrogen-bond acceptors (Lipinski definition) is 3. The van der Waals surface area contributed by atoms with Crippen molar-refractivity contribution in [1.82, 2.24) is 10.6 Å². The molecule has 80 valence electrons. The molecule has 0 aromatic carbocycles. The molecule has 2 N–H and O–H groups in total. The van der Waals surface area contributed by atoms with Crippen LogP contribution in [0, 0.1) is 5.92 Å². The molecule has 1 rings (SSSR count). The zero-order chi connectivity index (χ0) is 10.6. The summed E-state index contributed by atoms with van der Waals surface area (Å²) >= 11 is 0. The molecule has 2 amide bonds. The minimum Gasteiger partial charge on any atom is -0.305 e. The van der Waals surface area contributed by atoms with Crippen molar-refractivity contribution in [3.63, 3.8) is 0 Å². The molecular weight excluding hydrogens is 180 g/mol. The second-order valence-corrected chi connectivity index (χ2v) is 4.16. The quantitative estimate of drug-likeness (QED) is 0.497. The van der Waals surface area contributed by atoms with E-state index in [-0.39, 0.29) is 17.9 Å². The first kappa shape index (κ1) is 11.2. The van der Waals surface area contributed by atoms with E-state index in [1.165, 1.54) is 0 Å². The maximum atomic E-state index is 11.1. The number of carbonyl (C=O) groups is 2. The van der Waals surface area contributed by atoms with Gasteiger partial charge in [0, 0.05) is 0 Å². The molecule has 0 radical (unpaired) electrons. The molecule has 0 aliphatic carbocycles. The van der Waals surface area contributed by atoms with Gasteiger partial charge in [-0.15, -0.1) is 0 Å². The molecule has 1 fully saturated rings. The lowest BCUT2D eigenvalue weighted by Crippen LogP contribution is -2.36. The second kappa shape index (κ2) is 5.10. The van der Waals surface area contributed by atoms with Gasteiger partial charge >= 0.3 is 0 Å². The van der Waals surface area contributed by atoms with Gasteiger partial charge in [0.15, 0.2) is 0 Å². The molecule has 14 heavy (non-hydrogen) atoms. The molecule has 1 aliphatic rings. The van der Waals surface area contributed by atoms with Crippen LogP contribution in [0.1, 0.15) is 33.1 Å². The smallest absolute Gasteiger partial charge is 0.244 e. The minimum absolute atomic E-state index is 0.170. The van der Waals surface area contributed by atoms with E-state index in [2.05, 4.69) is 24.5 Å². The van der Waals surface area contributed by atoms with E-state index >= 15 is 0 Å². The Hall–Kier alpha value is -0.900. The Labute approximate surface area is 84.4 Å². The highest BCUT2D eigenvalue weighted by molar-refractivity contribution is 6.05. The monoisotopic (exact) mass is 198 g/mol. The number of hydrogen-bond donors (Lipinski definition) is 2. The summed E-state index contributed by atoms with van der Waals surface area (Å²) in [4.78, 5) is 22.0. The highest BCUT2D eigenvalue weighted by Gasteiger charge is 2.29. The maximum Gasteiger partial charge on any atom is 0.244 e. The van der Waals surface area contributed by atoms with Crippen LogP contribution >= 0.6 is 0 Å². The zero-order valence-corrected chi connectivity index (χ0v) is 8.80. The first-order chi connectivity index (χ1) is 6.59. The van der Waals surface area contributed by atoms with E-state index in [1.807, 2.05) is 0 Å². The van der Waals surface area contributed by atoms with Crippen LogP contribution in [-0.2, 0) is 9.59 Å². The molecule has 4 heteroatoms. The van der Waals surface area contributed by atoms with Gasteiger partial charge in [0.25, 0.3) is 0 Å². The highest BCUT2D eigenvalue weighted by Crippen LogP contribution is 2.04. The van der Waals surface area contributed by atoms with Crippen LogP contribution in [0.4, 0.5) is 0 Å². The average molecular weight is 198 g/mol. The summed E-state index contributed by atoms with van der Waals surface area (Å²) in [5, 5.41) is 5.36. The second-order valence-electron chi connectivity index (χ2n) is 4.16. The minimum atomic E-state index is -0.297. The lowest BCUT2D eigenvalue weighted by Gasteiger charge is -2.09. The summed E-state index contributed by atoms with van der Waals surface area (Å²) in [5.41, 5.74) is 0. The van der Waals surface area contributed by atoms with Gasteiger partial charge in [-0.1, -0.05) is 13.8 Å². The lowest BCUT2D eigenvalue weighted by atomic mass is 10.1. The molecule has 4 nitrogen and oxygen atoms in total. The van der Waals surface area contributed by atoms with Gasteiger partial charge in [0.1, 0.15) is 0 Å². The maximum absolute atomic E-state index is 11.1. The van der Waals surface area contributed by atoms with Crippen LogP contribution in [0.5, 0.6) is 0 Å². The van der Waals surface area contributed by atoms with Crippen molar-refractivity contribution in [2.45, 2.75) is 39.2 Å². The fraction of sp³-hybridized carbons (Fsp3) is 0.800. The molecule has 0 saturated carbocycles. The van der Waals surface area contributed by atoms with Crippen molar-refractivity contribution in [3.05, 3.63) is 0 Å². The number of amides is 2. The first-order valence-electron chi connectivity index (χ1n) is 5.16. The highest BCUT2D eigenvalue weighted by atomic mass is 16.2. The Balaban J connectivity index is 2.13. The van der Waals surface area contributed by atoms with Crippen LogP contribution in [-0.4, -0.2) is 24.4 Å². The lowest BCUT2D eigenvalue weighted by molar-refractivity contribution is -0.125. The van der Waals surface area contributed by atoms with Crippen molar-refractivity contribution in [3.8, 4) is 0 Å². The molecule has 0 bridgehead atoms. The van der Waals surface area contributed by atoms with E-state index in [0.29, 0.717) is 12.3 Å². The Kier molecular flexibility index (Phi) is 4.07. The van der Waals surface area contributed by atoms with Gasteiger partial charge in [0.05, 0.1) is 12.5 Å². The standard InChI is InChI=1S/C10H18N2O2/c1-7(2)4-3-5-11-8-6-9(13)12-10(8)14/h7-8,11H,3-6H2,1-2H3,(H,12,13,14). The Morgan fingerprint density at radius 3 is 2.71 bits per heavy atom. The number of nitrogens with one attached hydrogen (secondary N) is 2. The predicted molar refractivity (Wildman–Crippen MR) is 53.6 cm³/mol. The summed E-state index contributed by atoms with van der Waals surface area (Å²) in [5.74, 6) is 0.340. The number of imide groups is 1. The summed E-state index contributed by atoms with van der Waals surface area (Å²) < 4.78 is 0. The fourth-order valence-corrected chi connectivity index (χ4v) is 1.51. The van der Waals surface area contributed by atoms with Crippen LogP contribution in [0.2, 0.25) is 0 Å². The van der Waals surface area contributed by atoms with Crippen LogP contribution < -0.4 is 10.6 Å². The van der Waals surface area contributed by atoms with E-state index < -0.39 is 0 Å². The Bertz CT molecular complexity index is 226. The third-order valence-corrected chi connectivity index (χ3v) is 2.32. The van der Waals surface area contributed by atoms with Crippen molar-refractivity contribution < 1.29 is 9.59 Å². The van der Waals surface area contributed by atoms with Crippen molar-refractivity contribution in [2.24, 2.45) is 5.92 Å². The SMILES string of the molecule is CC(C)CCCNC1CC(=O)NC1=O. The summed E-state index contributed by atoms with van der Waals surface area (Å²) in [6.45, 7) is 5.15. The van der Waals surface area contributed by atoms with Crippen molar-refractivity contribution >= 4 is 11.8 Å². The Morgan fingerprint density at radius 2 is 2.21 bits per heavy atom. The van der Waals surface area contributed by atoms with Gasteiger partial charge in [-0.25, -0.2) is 0 Å². The van der Waals surface area contributed by atoms with Gasteiger partial charge in [0.2, 0.25) is 11.8 Å². The average Bonchev–Trinajstić information content (AvgIpc) is 2.39. The summed E-state index contributed by atoms with van der Waals surface area (Å²) in [7, 11) is 0. The topological polar surface area (TPSA) is 58.2 Å². The largest absolute Gasteiger partial charge is 0.305 e. The van der Waals surface area contributed by atoms with E-state index in [1.54, 1.807) is 0 Å². The van der Waals surface area contributed by atoms with Gasteiger partial charge in [-0.2, -0.15) is 0 Å². The molecule has 0 aromatic heterocycles. The van der Waals surface area contributed by atoms with Crippen molar-refractivity contribution in [2.75, 3.05) is 6.54 Å².